The Kier molecular flexibility index (Phi) is 3.10. The van der Waals surface area contributed by atoms with Crippen molar-refractivity contribution in [2.45, 2.75) is 28.7 Å². The van der Waals surface area contributed by atoms with Crippen molar-refractivity contribution >= 4 is 18.4 Å². The first kappa shape index (κ1) is 8.54. The van der Waals surface area contributed by atoms with Gasteiger partial charge in [0.25, 0.3) is 0 Å². The molecule has 48 valence electrons. The van der Waals surface area contributed by atoms with Crippen LogP contribution < -0.4 is 0 Å². The van der Waals surface area contributed by atoms with Gasteiger partial charge in [-0.25, -0.2) is 0 Å². The summed E-state index contributed by atoms with van der Waals surface area (Å²) in [4.78, 5) is 7.30. The van der Waals surface area contributed by atoms with Crippen molar-refractivity contribution in [3.8, 4) is 0 Å². The van der Waals surface area contributed by atoms with E-state index in [4.69, 9.17) is 0 Å². The van der Waals surface area contributed by atoms with E-state index in [2.05, 4.69) is 34.7 Å². The number of rotatable bonds is 1. The van der Waals surface area contributed by atoms with E-state index >= 15 is 0 Å². The van der Waals surface area contributed by atoms with Crippen LogP contribution >= 0.6 is 0 Å². The van der Waals surface area contributed by atoms with Gasteiger partial charge in [0.05, 0.1) is 0 Å². The van der Waals surface area contributed by atoms with Crippen LogP contribution in [0.5, 0.6) is 0 Å². The summed E-state index contributed by atoms with van der Waals surface area (Å²) < 4.78 is 1.67. The summed E-state index contributed by atoms with van der Waals surface area (Å²) in [6, 6.07) is 0. The van der Waals surface area contributed by atoms with E-state index in [1.54, 1.807) is 3.59 Å². The molecule has 0 atom stereocenters. The molecule has 0 bridgehead atoms. The van der Waals surface area contributed by atoms with Gasteiger partial charge in [0, 0.05) is 0 Å². The van der Waals surface area contributed by atoms with Gasteiger partial charge >= 0.3 is 56.7 Å². The predicted octanol–water partition coefficient (Wildman–Crippen LogP) is 2.83. The molecule has 1 heteroatoms. The monoisotopic (exact) mass is 220 g/mol. The van der Waals surface area contributed by atoms with Crippen molar-refractivity contribution in [2.24, 2.45) is 0 Å². The molecule has 0 aliphatic heterocycles. The third-order valence-electron chi connectivity index (χ3n) is 1.62. The van der Waals surface area contributed by atoms with Crippen LogP contribution in [0.15, 0.2) is 9.67 Å². The topological polar surface area (TPSA) is 0 Å². The zero-order chi connectivity index (χ0) is 6.78. The molecular formula is C7H16Sn. The van der Waals surface area contributed by atoms with Crippen LogP contribution in [0.4, 0.5) is 0 Å². The zero-order valence-corrected chi connectivity index (χ0v) is 9.43. The van der Waals surface area contributed by atoms with Crippen molar-refractivity contribution in [3.63, 3.8) is 0 Å². The average Bonchev–Trinajstić information content (AvgIpc) is 1.62. The number of hydrogen-bond acceptors (Lipinski definition) is 0. The maximum absolute atomic E-state index is 2.43. The first-order valence-electron chi connectivity index (χ1n) is 3.12. The Morgan fingerprint density at radius 2 is 1.62 bits per heavy atom. The van der Waals surface area contributed by atoms with Gasteiger partial charge in [-0.2, -0.15) is 0 Å². The van der Waals surface area contributed by atoms with Gasteiger partial charge in [-0.05, 0) is 0 Å². The number of allylic oxidation sites excluding steroid dienone is 2. The Balaban J connectivity index is 4.03. The fraction of sp³-hybridized carbons (Fsp3) is 0.714. The molecule has 0 saturated heterocycles. The molecule has 0 aromatic rings. The van der Waals surface area contributed by atoms with Gasteiger partial charge in [-0.3, -0.25) is 0 Å². The molecule has 0 aromatic carbocycles. The second-order valence-electron chi connectivity index (χ2n) is 3.22. The Hall–Kier alpha value is 0.539. The Morgan fingerprint density at radius 1 is 1.25 bits per heavy atom. The molecule has 0 nitrogen and oxygen atoms in total. The number of hydrogen-bond donors (Lipinski definition) is 0. The fourth-order valence-electron chi connectivity index (χ4n) is 0.433. The molecule has 0 N–H and O–H groups in total. The molecule has 0 heterocycles. The molecule has 0 saturated carbocycles. The van der Waals surface area contributed by atoms with Crippen molar-refractivity contribution in [2.75, 3.05) is 0 Å². The van der Waals surface area contributed by atoms with E-state index in [0.717, 1.165) is 0 Å². The average molecular weight is 219 g/mol. The van der Waals surface area contributed by atoms with Crippen LogP contribution in [0.2, 0.25) is 14.8 Å². The van der Waals surface area contributed by atoms with Crippen molar-refractivity contribution in [1.82, 2.24) is 0 Å². The Labute approximate surface area is 56.9 Å². The van der Waals surface area contributed by atoms with Crippen LogP contribution in [-0.2, 0) is 0 Å². The second kappa shape index (κ2) is 2.90. The van der Waals surface area contributed by atoms with Gasteiger partial charge in [-0.15, -0.1) is 0 Å². The van der Waals surface area contributed by atoms with E-state index in [1.165, 1.54) is 0 Å². The van der Waals surface area contributed by atoms with E-state index in [0.29, 0.717) is 0 Å². The standard InChI is InChI=1S/C4H7.3CH3.Sn/c1-3-4-2;;;;/h3H,1-2H3;3*1H3;. The van der Waals surface area contributed by atoms with Gasteiger partial charge in [0.2, 0.25) is 0 Å². The molecule has 0 aliphatic carbocycles. The molecule has 0 amide bonds. The zero-order valence-electron chi connectivity index (χ0n) is 6.58. The molecule has 0 spiro atoms. The maximum atomic E-state index is 2.43. The second-order valence-corrected chi connectivity index (χ2v) is 18.3. The molecule has 8 heavy (non-hydrogen) atoms. The van der Waals surface area contributed by atoms with E-state index in [-0.39, 0.29) is 0 Å². The van der Waals surface area contributed by atoms with Crippen molar-refractivity contribution in [1.29, 1.82) is 0 Å². The van der Waals surface area contributed by atoms with E-state index in [9.17, 15) is 0 Å². The first-order chi connectivity index (χ1) is 3.48. The predicted molar refractivity (Wildman–Crippen MR) is 42.8 cm³/mol. The van der Waals surface area contributed by atoms with Gasteiger partial charge in [0.15, 0.2) is 0 Å². The Morgan fingerprint density at radius 3 is 1.62 bits per heavy atom. The van der Waals surface area contributed by atoms with E-state index < -0.39 is 18.4 Å². The molecule has 0 unspecified atom stereocenters. The van der Waals surface area contributed by atoms with Crippen molar-refractivity contribution in [3.05, 3.63) is 9.67 Å². The molecule has 0 aliphatic rings. The SMILES string of the molecule is CC=[C](C)[Sn]([CH3])([CH3])[CH3]. The van der Waals surface area contributed by atoms with Gasteiger partial charge in [-0.1, -0.05) is 0 Å². The third kappa shape index (κ3) is 2.75. The minimum atomic E-state index is -1.55. The van der Waals surface area contributed by atoms with Crippen molar-refractivity contribution < 1.29 is 0 Å². The summed E-state index contributed by atoms with van der Waals surface area (Å²) in [5.41, 5.74) is 0. The summed E-state index contributed by atoms with van der Waals surface area (Å²) in [7, 11) is 0. The summed E-state index contributed by atoms with van der Waals surface area (Å²) in [5.74, 6) is 0. The minimum absolute atomic E-state index is 1.55. The van der Waals surface area contributed by atoms with Gasteiger partial charge < -0.3 is 0 Å². The summed E-state index contributed by atoms with van der Waals surface area (Å²) in [5, 5.41) is 0. The van der Waals surface area contributed by atoms with Crippen LogP contribution in [0.1, 0.15) is 13.8 Å². The van der Waals surface area contributed by atoms with Crippen LogP contribution in [-0.4, -0.2) is 18.4 Å². The first-order valence-corrected chi connectivity index (χ1v) is 13.1. The normalized spacial score (nSPS) is 14.4. The molecule has 0 fully saturated rings. The van der Waals surface area contributed by atoms with Crippen LogP contribution in [0.25, 0.3) is 0 Å². The van der Waals surface area contributed by atoms with E-state index in [1.807, 2.05) is 0 Å². The Bertz CT molecular complexity index is 95.4. The van der Waals surface area contributed by atoms with Crippen LogP contribution in [0, 0.1) is 0 Å². The molecule has 0 rings (SSSR count). The van der Waals surface area contributed by atoms with Gasteiger partial charge in [0.1, 0.15) is 0 Å². The summed E-state index contributed by atoms with van der Waals surface area (Å²) in [6.07, 6.45) is 2.26. The molecular weight excluding hydrogens is 203 g/mol. The molecule has 0 radical (unpaired) electrons. The third-order valence-corrected chi connectivity index (χ3v) is 9.19. The molecule has 0 aromatic heterocycles. The van der Waals surface area contributed by atoms with Crippen LogP contribution in [0.3, 0.4) is 0 Å². The fourth-order valence-corrected chi connectivity index (χ4v) is 2.90. The quantitative estimate of drug-likeness (QED) is 0.594. The summed E-state index contributed by atoms with van der Waals surface area (Å²) in [6.45, 7) is 4.40. The summed E-state index contributed by atoms with van der Waals surface area (Å²) >= 11 is -1.55.